The van der Waals surface area contributed by atoms with E-state index in [9.17, 15) is 13.2 Å². The first-order valence-corrected chi connectivity index (χ1v) is 9.01. The number of sulfonamides is 1. The Bertz CT molecular complexity index is 555. The second kappa shape index (κ2) is 9.42. The van der Waals surface area contributed by atoms with E-state index < -0.39 is 10.0 Å². The molecule has 0 spiro atoms. The van der Waals surface area contributed by atoms with Crippen molar-refractivity contribution >= 4 is 15.9 Å². The number of aryl methyl sites for hydroxylation is 1. The highest BCUT2D eigenvalue weighted by molar-refractivity contribution is 7.89. The van der Waals surface area contributed by atoms with Crippen LogP contribution in [0.3, 0.4) is 0 Å². The third-order valence-electron chi connectivity index (χ3n) is 2.93. The normalized spacial score (nSPS) is 11.2. The summed E-state index contributed by atoms with van der Waals surface area (Å²) in [4.78, 5) is 11.6. The molecule has 0 aliphatic rings. The van der Waals surface area contributed by atoms with Crippen molar-refractivity contribution in [3.63, 3.8) is 0 Å². The van der Waals surface area contributed by atoms with E-state index in [0.29, 0.717) is 12.2 Å². The van der Waals surface area contributed by atoms with Crippen LogP contribution in [0.4, 0.5) is 0 Å². The van der Waals surface area contributed by atoms with E-state index in [0.717, 1.165) is 12.0 Å². The number of benzene rings is 1. The number of carbonyl (C=O) groups excluding carboxylic acids is 1. The Morgan fingerprint density at radius 2 is 1.86 bits per heavy atom. The first kappa shape index (κ1) is 18.4. The Morgan fingerprint density at radius 1 is 1.18 bits per heavy atom. The zero-order chi connectivity index (χ0) is 16.4. The van der Waals surface area contributed by atoms with E-state index in [4.69, 9.17) is 4.74 Å². The predicted molar refractivity (Wildman–Crippen MR) is 86.4 cm³/mol. The Balaban J connectivity index is 2.17. The lowest BCUT2D eigenvalue weighted by molar-refractivity contribution is -0.123. The van der Waals surface area contributed by atoms with Gasteiger partial charge in [0.1, 0.15) is 5.75 Å². The molecular formula is C15H24N2O4S. The number of carbonyl (C=O) groups is 1. The number of hydrogen-bond donors (Lipinski definition) is 2. The minimum Gasteiger partial charge on any atom is -0.484 e. The van der Waals surface area contributed by atoms with Gasteiger partial charge in [0.2, 0.25) is 10.0 Å². The van der Waals surface area contributed by atoms with Crippen molar-refractivity contribution in [3.05, 3.63) is 29.8 Å². The van der Waals surface area contributed by atoms with Crippen LogP contribution in [0.2, 0.25) is 0 Å². The summed E-state index contributed by atoms with van der Waals surface area (Å²) < 4.78 is 30.8. The van der Waals surface area contributed by atoms with Crippen LogP contribution in [-0.4, -0.2) is 39.8 Å². The van der Waals surface area contributed by atoms with Gasteiger partial charge in [-0.1, -0.05) is 31.0 Å². The van der Waals surface area contributed by atoms with Crippen molar-refractivity contribution in [1.29, 1.82) is 0 Å². The fourth-order valence-electron chi connectivity index (χ4n) is 1.65. The quantitative estimate of drug-likeness (QED) is 0.632. The van der Waals surface area contributed by atoms with Gasteiger partial charge in [0.25, 0.3) is 5.91 Å². The number of hydrogen-bond acceptors (Lipinski definition) is 4. The van der Waals surface area contributed by atoms with Gasteiger partial charge in [-0.25, -0.2) is 13.1 Å². The standard InChI is InChI=1S/C15H24N2O4S/c1-3-4-11-22(19,20)17-10-9-16-15(18)12-21-14-7-5-13(2)6-8-14/h5-8,17H,3-4,9-12H2,1-2H3,(H,16,18). The number of amides is 1. The number of rotatable bonds is 10. The molecule has 0 aromatic heterocycles. The lowest BCUT2D eigenvalue weighted by Gasteiger charge is -2.09. The highest BCUT2D eigenvalue weighted by atomic mass is 32.2. The lowest BCUT2D eigenvalue weighted by atomic mass is 10.2. The zero-order valence-electron chi connectivity index (χ0n) is 13.1. The smallest absolute Gasteiger partial charge is 0.257 e. The zero-order valence-corrected chi connectivity index (χ0v) is 13.9. The predicted octanol–water partition coefficient (Wildman–Crippen LogP) is 1.21. The summed E-state index contributed by atoms with van der Waals surface area (Å²) in [6.07, 6.45) is 1.46. The average molecular weight is 328 g/mol. The van der Waals surface area contributed by atoms with Gasteiger partial charge in [0.15, 0.2) is 6.61 Å². The molecule has 0 radical (unpaired) electrons. The number of ether oxygens (including phenoxy) is 1. The molecule has 0 heterocycles. The molecule has 0 fully saturated rings. The molecule has 0 saturated heterocycles. The highest BCUT2D eigenvalue weighted by Crippen LogP contribution is 2.10. The second-order valence-electron chi connectivity index (χ2n) is 5.02. The molecule has 2 N–H and O–H groups in total. The fourth-order valence-corrected chi connectivity index (χ4v) is 2.88. The maximum absolute atomic E-state index is 11.6. The van der Waals surface area contributed by atoms with Crippen LogP contribution >= 0.6 is 0 Å². The molecule has 0 atom stereocenters. The largest absolute Gasteiger partial charge is 0.484 e. The van der Waals surface area contributed by atoms with Gasteiger partial charge in [-0.3, -0.25) is 4.79 Å². The number of nitrogens with one attached hydrogen (secondary N) is 2. The van der Waals surface area contributed by atoms with Gasteiger partial charge in [-0.05, 0) is 25.5 Å². The Morgan fingerprint density at radius 3 is 2.50 bits per heavy atom. The Kier molecular flexibility index (Phi) is 7.90. The van der Waals surface area contributed by atoms with E-state index in [1.807, 2.05) is 26.0 Å². The third kappa shape index (κ3) is 7.99. The van der Waals surface area contributed by atoms with Crippen LogP contribution in [0.5, 0.6) is 5.75 Å². The molecule has 0 unspecified atom stereocenters. The SMILES string of the molecule is CCCCS(=O)(=O)NCCNC(=O)COc1ccc(C)cc1. The molecule has 0 bridgehead atoms. The maximum atomic E-state index is 11.6. The van der Waals surface area contributed by atoms with E-state index in [-0.39, 0.29) is 31.4 Å². The molecular weight excluding hydrogens is 304 g/mol. The van der Waals surface area contributed by atoms with Gasteiger partial charge in [0, 0.05) is 13.1 Å². The molecule has 22 heavy (non-hydrogen) atoms. The van der Waals surface area contributed by atoms with Crippen molar-refractivity contribution in [2.24, 2.45) is 0 Å². The minimum atomic E-state index is -3.23. The van der Waals surface area contributed by atoms with Crippen LogP contribution in [0.15, 0.2) is 24.3 Å². The molecule has 1 rings (SSSR count). The average Bonchev–Trinajstić information content (AvgIpc) is 2.49. The first-order chi connectivity index (χ1) is 10.4. The monoisotopic (exact) mass is 328 g/mol. The number of unbranched alkanes of at least 4 members (excludes halogenated alkanes) is 1. The van der Waals surface area contributed by atoms with Gasteiger partial charge in [-0.2, -0.15) is 0 Å². The molecule has 7 heteroatoms. The molecule has 0 aliphatic carbocycles. The molecule has 6 nitrogen and oxygen atoms in total. The lowest BCUT2D eigenvalue weighted by Crippen LogP contribution is -2.37. The van der Waals surface area contributed by atoms with Gasteiger partial charge in [0.05, 0.1) is 5.75 Å². The van der Waals surface area contributed by atoms with Crippen molar-refractivity contribution in [1.82, 2.24) is 10.0 Å². The van der Waals surface area contributed by atoms with E-state index >= 15 is 0 Å². The molecule has 0 saturated carbocycles. The summed E-state index contributed by atoms with van der Waals surface area (Å²) in [5.41, 5.74) is 1.12. The fraction of sp³-hybridized carbons (Fsp3) is 0.533. The first-order valence-electron chi connectivity index (χ1n) is 7.36. The van der Waals surface area contributed by atoms with Crippen LogP contribution in [0.1, 0.15) is 25.3 Å². The van der Waals surface area contributed by atoms with Gasteiger partial charge >= 0.3 is 0 Å². The van der Waals surface area contributed by atoms with Crippen molar-refractivity contribution < 1.29 is 17.9 Å². The van der Waals surface area contributed by atoms with E-state index in [1.165, 1.54) is 0 Å². The van der Waals surface area contributed by atoms with Crippen LogP contribution in [0, 0.1) is 6.92 Å². The Hall–Kier alpha value is -1.60. The highest BCUT2D eigenvalue weighted by Gasteiger charge is 2.08. The van der Waals surface area contributed by atoms with Gasteiger partial charge < -0.3 is 10.1 Å². The van der Waals surface area contributed by atoms with Crippen LogP contribution < -0.4 is 14.8 Å². The van der Waals surface area contributed by atoms with Crippen molar-refractivity contribution in [2.75, 3.05) is 25.4 Å². The third-order valence-corrected chi connectivity index (χ3v) is 4.40. The molecule has 0 aliphatic heterocycles. The van der Waals surface area contributed by atoms with E-state index in [1.54, 1.807) is 12.1 Å². The summed E-state index contributed by atoms with van der Waals surface area (Å²) in [5.74, 6) is 0.461. The minimum absolute atomic E-state index is 0.0916. The summed E-state index contributed by atoms with van der Waals surface area (Å²) in [6.45, 7) is 4.23. The Labute approximate surface area is 132 Å². The van der Waals surface area contributed by atoms with Crippen LogP contribution in [-0.2, 0) is 14.8 Å². The maximum Gasteiger partial charge on any atom is 0.257 e. The summed E-state index contributed by atoms with van der Waals surface area (Å²) in [5, 5.41) is 2.60. The second-order valence-corrected chi connectivity index (χ2v) is 6.94. The van der Waals surface area contributed by atoms with Gasteiger partial charge in [-0.15, -0.1) is 0 Å². The van der Waals surface area contributed by atoms with Crippen LogP contribution in [0.25, 0.3) is 0 Å². The van der Waals surface area contributed by atoms with E-state index in [2.05, 4.69) is 10.0 Å². The summed E-state index contributed by atoms with van der Waals surface area (Å²) >= 11 is 0. The topological polar surface area (TPSA) is 84.5 Å². The molecule has 124 valence electrons. The molecule has 1 aromatic rings. The molecule has 1 aromatic carbocycles. The van der Waals surface area contributed by atoms with Crippen molar-refractivity contribution in [2.45, 2.75) is 26.7 Å². The summed E-state index contributed by atoms with van der Waals surface area (Å²) in [7, 11) is -3.23. The summed E-state index contributed by atoms with van der Waals surface area (Å²) in [6, 6.07) is 7.39. The molecule has 1 amide bonds. The van der Waals surface area contributed by atoms with Crippen molar-refractivity contribution in [3.8, 4) is 5.75 Å².